The van der Waals surface area contributed by atoms with Crippen molar-refractivity contribution in [3.8, 4) is 0 Å². The van der Waals surface area contributed by atoms with Gasteiger partial charge in [0.2, 0.25) is 0 Å². The third-order valence-corrected chi connectivity index (χ3v) is 2.59. The molecule has 1 saturated heterocycles. The van der Waals surface area contributed by atoms with Crippen LogP contribution in [0, 0.1) is 0 Å². The van der Waals surface area contributed by atoms with Crippen LogP contribution in [0.4, 0.5) is 0 Å². The smallest absolute Gasteiger partial charge is 0.0760 e. The van der Waals surface area contributed by atoms with Crippen molar-refractivity contribution in [1.82, 2.24) is 9.69 Å². The summed E-state index contributed by atoms with van der Waals surface area (Å²) in [6.45, 7) is 1.55. The van der Waals surface area contributed by atoms with Gasteiger partial charge in [0.15, 0.2) is 0 Å². The molecule has 2 unspecified atom stereocenters. The van der Waals surface area contributed by atoms with E-state index in [-0.39, 0.29) is 12.0 Å². The summed E-state index contributed by atoms with van der Waals surface area (Å²) in [7, 11) is 0. The molecular weight excluding hydrogens is 160 g/mol. The lowest BCUT2D eigenvalue weighted by Gasteiger charge is -2.08. The fourth-order valence-corrected chi connectivity index (χ4v) is 1.96. The number of aliphatic hydroxyl groups excluding tert-OH is 1. The van der Waals surface area contributed by atoms with Gasteiger partial charge < -0.3 is 10.4 Å². The maximum Gasteiger partial charge on any atom is 0.0760 e. The summed E-state index contributed by atoms with van der Waals surface area (Å²) in [5.74, 6) is 0.209. The Morgan fingerprint density at radius 3 is 3.09 bits per heavy atom. The summed E-state index contributed by atoms with van der Waals surface area (Å²) in [5.41, 5.74) is 1.02. The summed E-state index contributed by atoms with van der Waals surface area (Å²) in [6.07, 6.45) is -0.253. The van der Waals surface area contributed by atoms with E-state index in [4.69, 9.17) is 0 Å². The van der Waals surface area contributed by atoms with Gasteiger partial charge in [0.25, 0.3) is 0 Å². The average Bonchev–Trinajstić information content (AvgIpc) is 2.55. The molecule has 1 aliphatic rings. The number of rotatable bonds is 1. The second kappa shape index (κ2) is 2.89. The van der Waals surface area contributed by atoms with Gasteiger partial charge in [0, 0.05) is 24.4 Å². The molecule has 11 heavy (non-hydrogen) atoms. The van der Waals surface area contributed by atoms with E-state index in [1.165, 1.54) is 11.5 Å². The summed E-state index contributed by atoms with van der Waals surface area (Å²) in [5, 5.41) is 14.5. The third kappa shape index (κ3) is 1.29. The molecule has 4 heteroatoms. The van der Waals surface area contributed by atoms with Gasteiger partial charge in [-0.05, 0) is 17.6 Å². The van der Waals surface area contributed by atoms with E-state index in [9.17, 15) is 5.11 Å². The highest BCUT2D eigenvalue weighted by atomic mass is 32.1. The number of hydrogen-bond donors (Lipinski definition) is 2. The largest absolute Gasteiger partial charge is 0.391 e. The molecule has 60 valence electrons. The molecule has 0 bridgehead atoms. The Morgan fingerprint density at radius 1 is 1.64 bits per heavy atom. The van der Waals surface area contributed by atoms with Gasteiger partial charge in [-0.15, -0.1) is 0 Å². The Morgan fingerprint density at radius 2 is 2.55 bits per heavy atom. The number of nitrogens with one attached hydrogen (secondary N) is 1. The minimum absolute atomic E-state index is 0.209. The lowest BCUT2D eigenvalue weighted by atomic mass is 10.0. The van der Waals surface area contributed by atoms with Crippen LogP contribution in [0.15, 0.2) is 11.4 Å². The van der Waals surface area contributed by atoms with Crippen LogP contribution in [0.25, 0.3) is 0 Å². The molecule has 2 heterocycles. The zero-order chi connectivity index (χ0) is 7.68. The van der Waals surface area contributed by atoms with Gasteiger partial charge in [-0.2, -0.15) is 4.37 Å². The topological polar surface area (TPSA) is 45.1 Å². The van der Waals surface area contributed by atoms with Crippen molar-refractivity contribution in [2.45, 2.75) is 12.0 Å². The molecule has 0 aromatic carbocycles. The molecule has 2 N–H and O–H groups in total. The lowest BCUT2D eigenvalue weighted by molar-refractivity contribution is 0.176. The minimum atomic E-state index is -0.253. The first-order valence-electron chi connectivity index (χ1n) is 3.67. The molecule has 1 aromatic heterocycles. The van der Waals surface area contributed by atoms with Gasteiger partial charge in [0.05, 0.1) is 11.8 Å². The molecule has 3 nitrogen and oxygen atoms in total. The van der Waals surface area contributed by atoms with Crippen LogP contribution in [-0.4, -0.2) is 28.7 Å². The lowest BCUT2D eigenvalue weighted by Crippen LogP contribution is -2.16. The Balaban J connectivity index is 2.16. The van der Waals surface area contributed by atoms with Crippen molar-refractivity contribution in [3.05, 3.63) is 17.1 Å². The Hall–Kier alpha value is -0.450. The fraction of sp³-hybridized carbons (Fsp3) is 0.571. The van der Waals surface area contributed by atoms with Gasteiger partial charge >= 0.3 is 0 Å². The first-order chi connectivity index (χ1) is 5.38. The Bertz CT molecular complexity index is 224. The zero-order valence-electron chi connectivity index (χ0n) is 6.03. The summed E-state index contributed by atoms with van der Waals surface area (Å²) >= 11 is 1.44. The molecule has 0 aliphatic carbocycles. The first-order valence-corrected chi connectivity index (χ1v) is 4.50. The van der Waals surface area contributed by atoms with Crippen LogP contribution in [0.3, 0.4) is 0 Å². The van der Waals surface area contributed by atoms with E-state index >= 15 is 0 Å². The van der Waals surface area contributed by atoms with Gasteiger partial charge in [0.1, 0.15) is 0 Å². The van der Waals surface area contributed by atoms with E-state index in [2.05, 4.69) is 9.69 Å². The predicted octanol–water partition coefficient (Wildman–Crippen LogP) is 0.191. The zero-order valence-corrected chi connectivity index (χ0v) is 6.84. The van der Waals surface area contributed by atoms with E-state index < -0.39 is 0 Å². The van der Waals surface area contributed by atoms with Crippen molar-refractivity contribution in [3.63, 3.8) is 0 Å². The molecule has 1 fully saturated rings. The Kier molecular flexibility index (Phi) is 1.89. The highest BCUT2D eigenvalue weighted by Gasteiger charge is 2.27. The average molecular weight is 170 g/mol. The van der Waals surface area contributed by atoms with Crippen LogP contribution < -0.4 is 5.32 Å². The van der Waals surface area contributed by atoms with Gasteiger partial charge in [-0.1, -0.05) is 0 Å². The standard InChI is InChI=1S/C7H10N2OS/c10-7-4-8-3-5(7)6-1-2-11-9-6/h1-2,5,7-8,10H,3-4H2. The Labute approximate surface area is 69.2 Å². The number of nitrogens with zero attached hydrogens (tertiary/aromatic N) is 1. The molecule has 0 spiro atoms. The van der Waals surface area contributed by atoms with Gasteiger partial charge in [-0.3, -0.25) is 0 Å². The van der Waals surface area contributed by atoms with Crippen LogP contribution in [-0.2, 0) is 0 Å². The van der Waals surface area contributed by atoms with Crippen LogP contribution in [0.1, 0.15) is 11.6 Å². The van der Waals surface area contributed by atoms with Crippen molar-refractivity contribution >= 4 is 11.5 Å². The number of aliphatic hydroxyl groups is 1. The third-order valence-electron chi connectivity index (χ3n) is 2.02. The maximum absolute atomic E-state index is 9.46. The maximum atomic E-state index is 9.46. The molecule has 0 saturated carbocycles. The number of hydrogen-bond acceptors (Lipinski definition) is 4. The summed E-state index contributed by atoms with van der Waals surface area (Å²) in [4.78, 5) is 0. The monoisotopic (exact) mass is 170 g/mol. The van der Waals surface area contributed by atoms with Crippen molar-refractivity contribution in [2.75, 3.05) is 13.1 Å². The van der Waals surface area contributed by atoms with Crippen LogP contribution >= 0.6 is 11.5 Å². The van der Waals surface area contributed by atoms with E-state index in [0.29, 0.717) is 6.54 Å². The second-order valence-corrected chi connectivity index (χ2v) is 3.42. The molecule has 0 radical (unpaired) electrons. The molecule has 2 atom stereocenters. The second-order valence-electron chi connectivity index (χ2n) is 2.76. The minimum Gasteiger partial charge on any atom is -0.391 e. The summed E-state index contributed by atoms with van der Waals surface area (Å²) in [6, 6.07) is 1.98. The highest BCUT2D eigenvalue weighted by Crippen LogP contribution is 2.21. The van der Waals surface area contributed by atoms with Crippen molar-refractivity contribution in [2.24, 2.45) is 0 Å². The van der Waals surface area contributed by atoms with Gasteiger partial charge in [-0.25, -0.2) is 0 Å². The normalized spacial score (nSPS) is 31.0. The molecular formula is C7H10N2OS. The van der Waals surface area contributed by atoms with Crippen LogP contribution in [0.5, 0.6) is 0 Å². The van der Waals surface area contributed by atoms with Crippen molar-refractivity contribution < 1.29 is 5.11 Å². The van der Waals surface area contributed by atoms with Crippen molar-refractivity contribution in [1.29, 1.82) is 0 Å². The number of aromatic nitrogens is 1. The molecule has 0 amide bonds. The van der Waals surface area contributed by atoms with E-state index in [0.717, 1.165) is 12.2 Å². The van der Waals surface area contributed by atoms with Crippen LogP contribution in [0.2, 0.25) is 0 Å². The summed E-state index contributed by atoms with van der Waals surface area (Å²) < 4.78 is 4.19. The molecule has 2 rings (SSSR count). The quantitative estimate of drug-likeness (QED) is 0.632. The predicted molar refractivity (Wildman–Crippen MR) is 43.7 cm³/mol. The first kappa shape index (κ1) is 7.21. The molecule has 1 aliphatic heterocycles. The highest BCUT2D eigenvalue weighted by molar-refractivity contribution is 7.03. The van der Waals surface area contributed by atoms with E-state index in [1.807, 2.05) is 11.4 Å². The number of β-amino-alcohol motifs (C(OH)–C–C–N with tert-alkyl or cyclic N) is 1. The molecule has 1 aromatic rings. The van der Waals surface area contributed by atoms with E-state index in [1.54, 1.807) is 0 Å². The fourth-order valence-electron chi connectivity index (χ4n) is 1.38. The SMILES string of the molecule is OC1CNCC1c1ccsn1.